The van der Waals surface area contributed by atoms with Crippen LogP contribution in [0.25, 0.3) is 22.3 Å². The van der Waals surface area contributed by atoms with Crippen LogP contribution in [-0.4, -0.2) is 58.9 Å². The summed E-state index contributed by atoms with van der Waals surface area (Å²) >= 11 is 0. The highest BCUT2D eigenvalue weighted by Crippen LogP contribution is 2.47. The number of imidazole rings is 2. The molecule has 0 saturated carbocycles. The molecule has 0 spiro atoms. The summed E-state index contributed by atoms with van der Waals surface area (Å²) in [5, 5.41) is 0. The zero-order chi connectivity index (χ0) is 27.2. The van der Waals surface area contributed by atoms with Crippen molar-refractivity contribution in [1.29, 1.82) is 0 Å². The van der Waals surface area contributed by atoms with E-state index >= 15 is 0 Å². The van der Waals surface area contributed by atoms with Gasteiger partial charge in [0, 0.05) is 30.6 Å². The normalized spacial score (nSPS) is 13.1. The molecule has 0 bridgehead atoms. The van der Waals surface area contributed by atoms with Gasteiger partial charge in [0.15, 0.2) is 22.3 Å². The van der Waals surface area contributed by atoms with E-state index in [-0.39, 0.29) is 36.1 Å². The molecule has 0 unspecified atom stereocenters. The molecule has 0 aromatic carbocycles. The predicted molar refractivity (Wildman–Crippen MR) is 138 cm³/mol. The summed E-state index contributed by atoms with van der Waals surface area (Å²) in [6.45, 7) is 10.1. The van der Waals surface area contributed by atoms with Crippen LogP contribution >= 0.6 is 7.60 Å². The van der Waals surface area contributed by atoms with E-state index in [1.165, 1.54) is 19.3 Å². The van der Waals surface area contributed by atoms with Crippen molar-refractivity contribution in [3.8, 4) is 0 Å². The Morgan fingerprint density at radius 1 is 0.838 bits per heavy atom. The number of rotatable bonds is 10. The number of anilines is 2. The highest BCUT2D eigenvalue weighted by Gasteiger charge is 2.30. The Morgan fingerprint density at radius 3 is 1.59 bits per heavy atom. The first kappa shape index (κ1) is 26.5. The molecule has 16 heteroatoms. The number of nitrogen functional groups attached to an aromatic ring is 2. The molecule has 0 radical (unpaired) electrons. The van der Waals surface area contributed by atoms with Crippen molar-refractivity contribution in [2.75, 3.05) is 31.3 Å². The van der Waals surface area contributed by atoms with Gasteiger partial charge in [-0.2, -0.15) is 9.97 Å². The van der Waals surface area contributed by atoms with Crippen LogP contribution in [0.5, 0.6) is 0 Å². The van der Waals surface area contributed by atoms with Crippen LogP contribution < -0.4 is 22.6 Å². The van der Waals surface area contributed by atoms with E-state index < -0.39 is 29.5 Å². The summed E-state index contributed by atoms with van der Waals surface area (Å²) in [5.74, 6) is -0.00533. The van der Waals surface area contributed by atoms with Crippen molar-refractivity contribution < 1.29 is 13.6 Å². The molecule has 4 aromatic rings. The van der Waals surface area contributed by atoms with Gasteiger partial charge in [-0.15, -0.1) is 0 Å². The molecule has 15 nitrogen and oxygen atoms in total. The molecule has 0 aliphatic carbocycles. The van der Waals surface area contributed by atoms with Crippen molar-refractivity contribution in [3.63, 3.8) is 0 Å². The SMILES string of the molecule is CC(C)(COP(C)(=O)OCC(C)(C)Cn1cnc2c(=O)[nH]c(N)nc21)Cn1cnc2c(=O)[nH]c(N)nc21. The topological polar surface area (TPSA) is 215 Å². The number of nitrogens with two attached hydrogens (primary N) is 2. The molecular formula is C21H31N10O5P. The van der Waals surface area contributed by atoms with E-state index in [2.05, 4.69) is 29.9 Å². The van der Waals surface area contributed by atoms with E-state index in [4.69, 9.17) is 20.5 Å². The summed E-state index contributed by atoms with van der Waals surface area (Å²) < 4.78 is 27.9. The van der Waals surface area contributed by atoms with Gasteiger partial charge in [-0.05, 0) is 0 Å². The monoisotopic (exact) mass is 534 g/mol. The maximum Gasteiger partial charge on any atom is 0.327 e. The molecule has 37 heavy (non-hydrogen) atoms. The Labute approximate surface area is 211 Å². The molecule has 0 saturated heterocycles. The Balaban J connectivity index is 1.37. The largest absolute Gasteiger partial charge is 0.369 e. The molecule has 4 aromatic heterocycles. The number of aromatic amines is 2. The van der Waals surface area contributed by atoms with E-state index in [0.29, 0.717) is 24.4 Å². The number of hydrogen-bond donors (Lipinski definition) is 4. The van der Waals surface area contributed by atoms with Crippen molar-refractivity contribution in [2.45, 2.75) is 40.8 Å². The third kappa shape index (κ3) is 6.06. The molecule has 0 amide bonds. The van der Waals surface area contributed by atoms with Gasteiger partial charge in [0.25, 0.3) is 11.1 Å². The summed E-state index contributed by atoms with van der Waals surface area (Å²) in [5.41, 5.74) is 10.6. The second-order valence-corrected chi connectivity index (χ2v) is 12.7. The van der Waals surface area contributed by atoms with Gasteiger partial charge in [0.2, 0.25) is 11.9 Å². The maximum absolute atomic E-state index is 13.1. The molecule has 0 fully saturated rings. The summed E-state index contributed by atoms with van der Waals surface area (Å²) in [6.07, 6.45) is 3.02. The van der Waals surface area contributed by atoms with Gasteiger partial charge in [0.05, 0.1) is 25.9 Å². The van der Waals surface area contributed by atoms with Gasteiger partial charge < -0.3 is 29.6 Å². The average molecular weight is 535 g/mol. The van der Waals surface area contributed by atoms with Gasteiger partial charge in [-0.1, -0.05) is 27.7 Å². The fourth-order valence-electron chi connectivity index (χ4n) is 3.81. The summed E-state index contributed by atoms with van der Waals surface area (Å²) in [6, 6.07) is 0. The zero-order valence-electron chi connectivity index (χ0n) is 21.3. The first-order valence-corrected chi connectivity index (χ1v) is 13.4. The number of nitrogens with one attached hydrogen (secondary N) is 2. The van der Waals surface area contributed by atoms with Gasteiger partial charge in [-0.25, -0.2) is 9.97 Å². The van der Waals surface area contributed by atoms with Crippen molar-refractivity contribution in [3.05, 3.63) is 33.4 Å². The fraction of sp³-hybridized carbons (Fsp3) is 0.524. The van der Waals surface area contributed by atoms with Crippen LogP contribution in [0.15, 0.2) is 22.2 Å². The average Bonchev–Trinajstić information content (AvgIpc) is 3.35. The van der Waals surface area contributed by atoms with E-state index in [0.717, 1.165) is 0 Å². The van der Waals surface area contributed by atoms with Crippen LogP contribution in [0.3, 0.4) is 0 Å². The van der Waals surface area contributed by atoms with Gasteiger partial charge in [0.1, 0.15) is 0 Å². The first-order chi connectivity index (χ1) is 17.1. The van der Waals surface area contributed by atoms with E-state index in [9.17, 15) is 14.2 Å². The molecule has 0 aliphatic rings. The molecule has 0 atom stereocenters. The third-order valence-corrected chi connectivity index (χ3v) is 6.76. The fourth-order valence-corrected chi connectivity index (χ4v) is 5.05. The number of fused-ring (bicyclic) bond motifs is 2. The Hall–Kier alpha value is -3.55. The summed E-state index contributed by atoms with van der Waals surface area (Å²) in [4.78, 5) is 45.4. The molecule has 200 valence electrons. The van der Waals surface area contributed by atoms with Gasteiger partial charge >= 0.3 is 7.60 Å². The Morgan fingerprint density at radius 2 is 1.22 bits per heavy atom. The first-order valence-electron chi connectivity index (χ1n) is 11.4. The van der Waals surface area contributed by atoms with Crippen LogP contribution in [0.1, 0.15) is 27.7 Å². The quantitative estimate of drug-likeness (QED) is 0.213. The lowest BCUT2D eigenvalue weighted by Crippen LogP contribution is -2.27. The Bertz CT molecular complexity index is 1500. The smallest absolute Gasteiger partial charge is 0.327 e. The minimum atomic E-state index is -3.42. The van der Waals surface area contributed by atoms with Crippen molar-refractivity contribution >= 4 is 41.8 Å². The van der Waals surface area contributed by atoms with Gasteiger partial charge in [-0.3, -0.25) is 24.1 Å². The number of H-pyrrole nitrogens is 2. The molecule has 4 rings (SSSR count). The van der Waals surface area contributed by atoms with Crippen molar-refractivity contribution in [1.82, 2.24) is 39.0 Å². The molecule has 6 N–H and O–H groups in total. The minimum absolute atomic E-state index is 0.00267. The van der Waals surface area contributed by atoms with Crippen molar-refractivity contribution in [2.24, 2.45) is 10.8 Å². The van der Waals surface area contributed by atoms with E-state index in [1.807, 2.05) is 27.7 Å². The molecule has 4 heterocycles. The molecule has 0 aliphatic heterocycles. The third-order valence-electron chi connectivity index (χ3n) is 5.56. The Kier molecular flexibility index (Phi) is 6.73. The summed E-state index contributed by atoms with van der Waals surface area (Å²) in [7, 11) is -3.42. The molecular weight excluding hydrogens is 503 g/mol. The minimum Gasteiger partial charge on any atom is -0.369 e. The highest BCUT2D eigenvalue weighted by atomic mass is 31.2. The van der Waals surface area contributed by atoms with Crippen LogP contribution in [-0.2, 0) is 26.7 Å². The number of hydrogen-bond acceptors (Lipinski definition) is 11. The number of nitrogens with zero attached hydrogens (tertiary/aromatic N) is 6. The van der Waals surface area contributed by atoms with E-state index in [1.54, 1.807) is 9.13 Å². The second-order valence-electron chi connectivity index (χ2n) is 10.6. The lowest BCUT2D eigenvalue weighted by atomic mass is 9.95. The standard InChI is InChI=1S/C21H31N10O5P/c1-20(2,6-30-10-24-12-14(30)26-18(22)28-16(12)32)8-35-37(5,34)36-9-21(3,4)7-31-11-25-13-15(31)27-19(23)29-17(13)33/h10-11H,6-9H2,1-5H3,(H3,22,26,28,32)(H3,23,27,29,33). The predicted octanol–water partition coefficient (Wildman–Crippen LogP) is 1.33. The van der Waals surface area contributed by atoms with Crippen LogP contribution in [0.4, 0.5) is 11.9 Å². The van der Waals surface area contributed by atoms with Crippen LogP contribution in [0.2, 0.25) is 0 Å². The second kappa shape index (κ2) is 9.39. The lowest BCUT2D eigenvalue weighted by molar-refractivity contribution is 0.101. The lowest BCUT2D eigenvalue weighted by Gasteiger charge is -2.29. The number of aromatic nitrogens is 8. The maximum atomic E-state index is 13.1. The van der Waals surface area contributed by atoms with Crippen LogP contribution in [0, 0.1) is 10.8 Å². The zero-order valence-corrected chi connectivity index (χ0v) is 22.2. The highest BCUT2D eigenvalue weighted by molar-refractivity contribution is 7.52.